The second-order valence-corrected chi connectivity index (χ2v) is 3.34. The van der Waals surface area contributed by atoms with E-state index < -0.39 is 16.4 Å². The minimum Gasteiger partial charge on any atom is -0.487 e. The van der Waals surface area contributed by atoms with Gasteiger partial charge < -0.3 is 4.74 Å². The second-order valence-electron chi connectivity index (χ2n) is 2.42. The van der Waals surface area contributed by atoms with Crippen molar-refractivity contribution in [2.45, 2.75) is 6.92 Å². The first kappa shape index (κ1) is 10.9. The largest absolute Gasteiger partial charge is 0.487 e. The van der Waals surface area contributed by atoms with E-state index in [0.29, 0.717) is 4.47 Å². The molecule has 0 heterocycles. The average molecular weight is 264 g/mol. The Bertz CT molecular complexity index is 370. The number of hydrogen-bond donors (Lipinski definition) is 0. The summed E-state index contributed by atoms with van der Waals surface area (Å²) in [5.74, 6) is -0.975. The molecule has 0 bridgehead atoms. The smallest absolute Gasteiger partial charge is 0.346 e. The maximum Gasteiger partial charge on any atom is 0.346 e. The average Bonchev–Trinajstić information content (AvgIpc) is 2.01. The van der Waals surface area contributed by atoms with Crippen molar-refractivity contribution < 1.29 is 14.1 Å². The third-order valence-electron chi connectivity index (χ3n) is 1.48. The molecule has 0 aliphatic carbocycles. The Hall–Kier alpha value is -1.17. The quantitative estimate of drug-likeness (QED) is 0.623. The zero-order valence-electron chi connectivity index (χ0n) is 7.29. The van der Waals surface area contributed by atoms with Crippen LogP contribution in [0.5, 0.6) is 5.75 Å². The maximum absolute atomic E-state index is 13.1. The molecule has 0 saturated carbocycles. The van der Waals surface area contributed by atoms with Gasteiger partial charge in [0.05, 0.1) is 11.5 Å². The molecule has 0 amide bonds. The van der Waals surface area contributed by atoms with Gasteiger partial charge in [-0.15, -0.1) is 0 Å². The molecule has 4 nitrogen and oxygen atoms in total. The minimum atomic E-state index is -0.909. The van der Waals surface area contributed by atoms with E-state index >= 15 is 0 Å². The number of hydrogen-bond acceptors (Lipinski definition) is 3. The Morgan fingerprint density at radius 1 is 1.64 bits per heavy atom. The van der Waals surface area contributed by atoms with Gasteiger partial charge in [-0.3, -0.25) is 10.1 Å². The highest BCUT2D eigenvalue weighted by Crippen LogP contribution is 2.33. The van der Waals surface area contributed by atoms with E-state index in [-0.39, 0.29) is 12.4 Å². The molecule has 76 valence electrons. The second kappa shape index (κ2) is 4.36. The van der Waals surface area contributed by atoms with Crippen LogP contribution in [-0.2, 0) is 0 Å². The maximum atomic E-state index is 13.1. The van der Waals surface area contributed by atoms with Crippen LogP contribution < -0.4 is 4.74 Å². The number of nitrogens with zero attached hydrogens (tertiary/aromatic N) is 1. The summed E-state index contributed by atoms with van der Waals surface area (Å²) in [5.41, 5.74) is -0.630. The summed E-state index contributed by atoms with van der Waals surface area (Å²) < 4.78 is 18.5. The highest BCUT2D eigenvalue weighted by molar-refractivity contribution is 9.10. The Kier molecular flexibility index (Phi) is 3.40. The zero-order valence-corrected chi connectivity index (χ0v) is 8.88. The fourth-order valence-corrected chi connectivity index (χ4v) is 1.39. The van der Waals surface area contributed by atoms with E-state index in [1.54, 1.807) is 6.92 Å². The first-order valence-corrected chi connectivity index (χ1v) is 4.61. The number of halogens is 2. The number of ether oxygens (including phenoxy) is 1. The van der Waals surface area contributed by atoms with Crippen LogP contribution in [0.2, 0.25) is 0 Å². The van der Waals surface area contributed by atoms with Crippen LogP contribution in [0, 0.1) is 15.9 Å². The van der Waals surface area contributed by atoms with Crippen molar-refractivity contribution in [1.29, 1.82) is 0 Å². The van der Waals surface area contributed by atoms with Gasteiger partial charge in [-0.2, -0.15) is 4.39 Å². The summed E-state index contributed by atoms with van der Waals surface area (Å²) in [6, 6.07) is 2.39. The van der Waals surface area contributed by atoms with Crippen LogP contribution in [-0.4, -0.2) is 11.5 Å². The fraction of sp³-hybridized carbons (Fsp3) is 0.250. The zero-order chi connectivity index (χ0) is 10.7. The van der Waals surface area contributed by atoms with Crippen molar-refractivity contribution in [3.8, 4) is 5.75 Å². The molecule has 1 rings (SSSR count). The molecule has 0 unspecified atom stereocenters. The lowest BCUT2D eigenvalue weighted by atomic mass is 10.3. The summed E-state index contributed by atoms with van der Waals surface area (Å²) >= 11 is 3.02. The molecule has 0 aliphatic heterocycles. The van der Waals surface area contributed by atoms with E-state index in [4.69, 9.17) is 4.74 Å². The van der Waals surface area contributed by atoms with Crippen molar-refractivity contribution in [3.05, 3.63) is 32.5 Å². The summed E-state index contributed by atoms with van der Waals surface area (Å²) in [5, 5.41) is 10.5. The molecule has 0 radical (unpaired) electrons. The van der Waals surface area contributed by atoms with Gasteiger partial charge in [-0.1, -0.05) is 15.9 Å². The van der Waals surface area contributed by atoms with Crippen molar-refractivity contribution in [1.82, 2.24) is 0 Å². The highest BCUT2D eigenvalue weighted by Gasteiger charge is 2.22. The van der Waals surface area contributed by atoms with E-state index in [1.165, 1.54) is 6.07 Å². The van der Waals surface area contributed by atoms with Gasteiger partial charge >= 0.3 is 5.69 Å². The Labute approximate surface area is 88.0 Å². The molecule has 1 aromatic carbocycles. The van der Waals surface area contributed by atoms with Crippen molar-refractivity contribution in [2.24, 2.45) is 0 Å². The summed E-state index contributed by atoms with van der Waals surface area (Å²) in [6.45, 7) is 1.92. The van der Waals surface area contributed by atoms with Gasteiger partial charge in [0.2, 0.25) is 11.6 Å². The number of rotatable bonds is 3. The lowest BCUT2D eigenvalue weighted by Gasteiger charge is -2.04. The molecule has 1 aromatic rings. The van der Waals surface area contributed by atoms with E-state index in [2.05, 4.69) is 15.9 Å². The van der Waals surface area contributed by atoms with Crippen LogP contribution in [0.4, 0.5) is 10.1 Å². The number of benzene rings is 1. The molecule has 0 saturated heterocycles. The molecule has 0 aliphatic rings. The van der Waals surface area contributed by atoms with E-state index in [1.807, 2.05) is 0 Å². The SMILES string of the molecule is CCOc1cc(Br)cc(F)c1[N+](=O)[O-]. The first-order chi connectivity index (χ1) is 6.56. The predicted molar refractivity (Wildman–Crippen MR) is 51.9 cm³/mol. The summed E-state index contributed by atoms with van der Waals surface area (Å²) in [4.78, 5) is 9.70. The molecule has 0 atom stereocenters. The Morgan fingerprint density at radius 2 is 2.29 bits per heavy atom. The summed E-state index contributed by atoms with van der Waals surface area (Å²) in [7, 11) is 0. The molecular formula is C8H7BrFNO3. The van der Waals surface area contributed by atoms with Crippen LogP contribution in [0.15, 0.2) is 16.6 Å². The lowest BCUT2D eigenvalue weighted by molar-refractivity contribution is -0.388. The molecule has 0 N–H and O–H groups in total. The lowest BCUT2D eigenvalue weighted by Crippen LogP contribution is -2.00. The van der Waals surface area contributed by atoms with Gasteiger partial charge in [-0.25, -0.2) is 0 Å². The minimum absolute atomic E-state index is 0.0654. The standard InChI is InChI=1S/C8H7BrFNO3/c1-2-14-7-4-5(9)3-6(10)8(7)11(12)13/h3-4H,2H2,1H3. The Morgan fingerprint density at radius 3 is 2.79 bits per heavy atom. The number of nitro benzene ring substituents is 1. The van der Waals surface area contributed by atoms with Crippen molar-refractivity contribution in [3.63, 3.8) is 0 Å². The van der Waals surface area contributed by atoms with Crippen LogP contribution >= 0.6 is 15.9 Å². The van der Waals surface area contributed by atoms with Gasteiger partial charge in [-0.05, 0) is 13.0 Å². The van der Waals surface area contributed by atoms with E-state index in [0.717, 1.165) is 6.07 Å². The first-order valence-electron chi connectivity index (χ1n) is 3.82. The van der Waals surface area contributed by atoms with Gasteiger partial charge in [0.15, 0.2) is 0 Å². The predicted octanol–water partition coefficient (Wildman–Crippen LogP) is 2.90. The van der Waals surface area contributed by atoms with Crippen LogP contribution in [0.3, 0.4) is 0 Å². The molecule has 6 heteroatoms. The summed E-state index contributed by atoms with van der Waals surface area (Å²) in [6.07, 6.45) is 0. The topological polar surface area (TPSA) is 52.4 Å². The number of nitro groups is 1. The van der Waals surface area contributed by atoms with Gasteiger partial charge in [0, 0.05) is 10.5 Å². The van der Waals surface area contributed by atoms with Gasteiger partial charge in [0.25, 0.3) is 0 Å². The van der Waals surface area contributed by atoms with Crippen LogP contribution in [0.1, 0.15) is 6.92 Å². The normalized spacial score (nSPS) is 9.93. The fourth-order valence-electron chi connectivity index (χ4n) is 0.985. The monoisotopic (exact) mass is 263 g/mol. The third-order valence-corrected chi connectivity index (χ3v) is 1.93. The molecule has 14 heavy (non-hydrogen) atoms. The van der Waals surface area contributed by atoms with Gasteiger partial charge in [0.1, 0.15) is 0 Å². The van der Waals surface area contributed by atoms with Crippen molar-refractivity contribution in [2.75, 3.05) is 6.61 Å². The molecular weight excluding hydrogens is 257 g/mol. The third kappa shape index (κ3) is 2.20. The Balaban J connectivity index is 3.28. The van der Waals surface area contributed by atoms with E-state index in [9.17, 15) is 14.5 Å². The van der Waals surface area contributed by atoms with Crippen molar-refractivity contribution >= 4 is 21.6 Å². The molecule has 0 spiro atoms. The van der Waals surface area contributed by atoms with Crippen LogP contribution in [0.25, 0.3) is 0 Å². The highest BCUT2D eigenvalue weighted by atomic mass is 79.9. The molecule has 0 fully saturated rings. The molecule has 0 aromatic heterocycles.